The highest BCUT2D eigenvalue weighted by Gasteiger charge is 2.23. The monoisotopic (exact) mass is 314 g/mol. The van der Waals surface area contributed by atoms with Gasteiger partial charge in [0, 0.05) is 19.3 Å². The van der Waals surface area contributed by atoms with Crippen LogP contribution in [0, 0.1) is 11.8 Å². The summed E-state index contributed by atoms with van der Waals surface area (Å²) < 4.78 is 0. The first kappa shape index (κ1) is 15.6. The van der Waals surface area contributed by atoms with Crippen molar-refractivity contribution in [1.82, 2.24) is 9.88 Å². The topological polar surface area (TPSA) is 33.2 Å². The summed E-state index contributed by atoms with van der Waals surface area (Å²) in [5.41, 5.74) is 0.516. The average molecular weight is 315 g/mol. The lowest BCUT2D eigenvalue weighted by Gasteiger charge is -2.21. The van der Waals surface area contributed by atoms with Gasteiger partial charge in [-0.15, -0.1) is 0 Å². The standard InChI is InChI=1S/C15H20Cl2N2O/c1-10(2)11-4-3-6-19(7-5-11)15(20)12-8-13(16)14(17)18-9-12/h8-11H,3-7H2,1-2H3. The van der Waals surface area contributed by atoms with Crippen LogP contribution >= 0.6 is 23.2 Å². The molecule has 1 fully saturated rings. The Morgan fingerprint density at radius 2 is 2.10 bits per heavy atom. The van der Waals surface area contributed by atoms with Gasteiger partial charge in [0.05, 0.1) is 10.6 Å². The summed E-state index contributed by atoms with van der Waals surface area (Å²) in [6, 6.07) is 1.60. The molecule has 1 saturated heterocycles. The van der Waals surface area contributed by atoms with Gasteiger partial charge in [-0.1, -0.05) is 37.0 Å². The second-order valence-electron chi connectivity index (χ2n) is 5.72. The second-order valence-corrected chi connectivity index (χ2v) is 6.49. The quantitative estimate of drug-likeness (QED) is 0.763. The van der Waals surface area contributed by atoms with Crippen LogP contribution < -0.4 is 0 Å². The zero-order valence-corrected chi connectivity index (χ0v) is 13.4. The predicted molar refractivity (Wildman–Crippen MR) is 82.3 cm³/mol. The third kappa shape index (κ3) is 3.64. The number of halogens is 2. The van der Waals surface area contributed by atoms with Gasteiger partial charge in [0.15, 0.2) is 0 Å². The molecule has 1 aliphatic rings. The number of hydrogen-bond acceptors (Lipinski definition) is 2. The largest absolute Gasteiger partial charge is 0.339 e. The van der Waals surface area contributed by atoms with Crippen LogP contribution in [0.4, 0.5) is 0 Å². The maximum absolute atomic E-state index is 12.5. The molecule has 0 saturated carbocycles. The molecule has 1 amide bonds. The Bertz CT molecular complexity index is 491. The highest BCUT2D eigenvalue weighted by atomic mass is 35.5. The van der Waals surface area contributed by atoms with Crippen molar-refractivity contribution in [3.63, 3.8) is 0 Å². The van der Waals surface area contributed by atoms with E-state index in [1.54, 1.807) is 6.07 Å². The van der Waals surface area contributed by atoms with E-state index in [1.807, 2.05) is 4.90 Å². The van der Waals surface area contributed by atoms with E-state index in [1.165, 1.54) is 12.6 Å². The summed E-state index contributed by atoms with van der Waals surface area (Å²) in [7, 11) is 0. The number of likely N-dealkylation sites (tertiary alicyclic amines) is 1. The van der Waals surface area contributed by atoms with Crippen molar-refractivity contribution < 1.29 is 4.79 Å². The Hall–Kier alpha value is -0.800. The van der Waals surface area contributed by atoms with Gasteiger partial charge in [0.2, 0.25) is 0 Å². The van der Waals surface area contributed by atoms with Gasteiger partial charge in [-0.25, -0.2) is 4.98 Å². The van der Waals surface area contributed by atoms with E-state index < -0.39 is 0 Å². The zero-order valence-electron chi connectivity index (χ0n) is 11.9. The summed E-state index contributed by atoms with van der Waals surface area (Å²) in [6.07, 6.45) is 4.82. The van der Waals surface area contributed by atoms with Crippen LogP contribution in [0.3, 0.4) is 0 Å². The Morgan fingerprint density at radius 3 is 2.75 bits per heavy atom. The fourth-order valence-corrected chi connectivity index (χ4v) is 2.98. The molecule has 1 atom stereocenters. The number of hydrogen-bond donors (Lipinski definition) is 0. The van der Waals surface area contributed by atoms with Crippen molar-refractivity contribution in [3.8, 4) is 0 Å². The van der Waals surface area contributed by atoms with Gasteiger partial charge in [-0.05, 0) is 37.2 Å². The van der Waals surface area contributed by atoms with E-state index in [4.69, 9.17) is 23.2 Å². The number of rotatable bonds is 2. The fraction of sp³-hybridized carbons (Fsp3) is 0.600. The minimum Gasteiger partial charge on any atom is -0.339 e. The maximum atomic E-state index is 12.5. The normalized spacial score (nSPS) is 20.1. The molecule has 1 unspecified atom stereocenters. The van der Waals surface area contributed by atoms with Crippen molar-refractivity contribution in [2.24, 2.45) is 11.8 Å². The van der Waals surface area contributed by atoms with Crippen molar-refractivity contribution in [3.05, 3.63) is 28.0 Å². The third-order valence-corrected chi connectivity index (χ3v) is 4.73. The zero-order chi connectivity index (χ0) is 14.7. The number of carbonyl (C=O) groups is 1. The molecule has 0 spiro atoms. The number of pyridine rings is 1. The molecule has 0 bridgehead atoms. The summed E-state index contributed by atoms with van der Waals surface area (Å²) in [5.74, 6) is 1.39. The molecule has 2 rings (SSSR count). The SMILES string of the molecule is CC(C)C1CCCN(C(=O)c2cnc(Cl)c(Cl)c2)CC1. The third-order valence-electron chi connectivity index (χ3n) is 4.05. The van der Waals surface area contributed by atoms with E-state index in [9.17, 15) is 4.79 Å². The summed E-state index contributed by atoms with van der Waals surface area (Å²) in [6.45, 7) is 6.13. The lowest BCUT2D eigenvalue weighted by molar-refractivity contribution is 0.0758. The van der Waals surface area contributed by atoms with Gasteiger partial charge in [-0.2, -0.15) is 0 Å². The molecule has 20 heavy (non-hydrogen) atoms. The molecule has 5 heteroatoms. The molecule has 1 aromatic heterocycles. The lowest BCUT2D eigenvalue weighted by Crippen LogP contribution is -2.32. The average Bonchev–Trinajstić information content (AvgIpc) is 2.67. The van der Waals surface area contributed by atoms with E-state index in [2.05, 4.69) is 18.8 Å². The molecule has 2 heterocycles. The van der Waals surface area contributed by atoms with Crippen LogP contribution in [0.15, 0.2) is 12.3 Å². The maximum Gasteiger partial charge on any atom is 0.255 e. The molecular weight excluding hydrogens is 295 g/mol. The van der Waals surface area contributed by atoms with Crippen molar-refractivity contribution in [2.45, 2.75) is 33.1 Å². The molecule has 0 radical (unpaired) electrons. The summed E-state index contributed by atoms with van der Waals surface area (Å²) >= 11 is 11.7. The van der Waals surface area contributed by atoms with Crippen molar-refractivity contribution in [2.75, 3.05) is 13.1 Å². The van der Waals surface area contributed by atoms with Gasteiger partial charge in [0.1, 0.15) is 5.15 Å². The first-order valence-electron chi connectivity index (χ1n) is 7.09. The van der Waals surface area contributed by atoms with Crippen LogP contribution in [-0.2, 0) is 0 Å². The number of nitrogens with zero attached hydrogens (tertiary/aromatic N) is 2. The Labute approximate surface area is 130 Å². The first-order chi connectivity index (χ1) is 9.49. The number of aromatic nitrogens is 1. The van der Waals surface area contributed by atoms with Crippen LogP contribution in [0.5, 0.6) is 0 Å². The van der Waals surface area contributed by atoms with E-state index >= 15 is 0 Å². The molecule has 110 valence electrons. The van der Waals surface area contributed by atoms with Crippen LogP contribution in [0.2, 0.25) is 10.2 Å². The highest BCUT2D eigenvalue weighted by molar-refractivity contribution is 6.41. The predicted octanol–water partition coefficient (Wildman–Crippen LogP) is 4.29. The fourth-order valence-electron chi connectivity index (χ4n) is 2.71. The van der Waals surface area contributed by atoms with Gasteiger partial charge in [0.25, 0.3) is 5.91 Å². The van der Waals surface area contributed by atoms with Crippen LogP contribution in [0.25, 0.3) is 0 Å². The van der Waals surface area contributed by atoms with Crippen LogP contribution in [-0.4, -0.2) is 28.9 Å². The summed E-state index contributed by atoms with van der Waals surface area (Å²) in [4.78, 5) is 18.3. The molecule has 0 aromatic carbocycles. The number of carbonyl (C=O) groups excluding carboxylic acids is 1. The van der Waals surface area contributed by atoms with Gasteiger partial charge < -0.3 is 4.90 Å². The van der Waals surface area contributed by atoms with Gasteiger partial charge in [-0.3, -0.25) is 4.79 Å². The molecule has 0 aliphatic carbocycles. The second kappa shape index (κ2) is 6.77. The van der Waals surface area contributed by atoms with E-state index in [0.717, 1.165) is 25.9 Å². The molecule has 0 N–H and O–H groups in total. The van der Waals surface area contributed by atoms with E-state index in [-0.39, 0.29) is 11.1 Å². The minimum atomic E-state index is 0.000438. The van der Waals surface area contributed by atoms with Gasteiger partial charge >= 0.3 is 0 Å². The van der Waals surface area contributed by atoms with E-state index in [0.29, 0.717) is 22.4 Å². The molecular formula is C15H20Cl2N2O. The summed E-state index contributed by atoms with van der Waals surface area (Å²) in [5, 5.41) is 0.561. The molecule has 1 aromatic rings. The Balaban J connectivity index is 2.07. The van der Waals surface area contributed by atoms with Crippen molar-refractivity contribution in [1.29, 1.82) is 0 Å². The Kier molecular flexibility index (Phi) is 5.28. The van der Waals surface area contributed by atoms with Crippen molar-refractivity contribution >= 4 is 29.1 Å². The minimum absolute atomic E-state index is 0.000438. The molecule has 3 nitrogen and oxygen atoms in total. The Morgan fingerprint density at radius 1 is 1.35 bits per heavy atom. The smallest absolute Gasteiger partial charge is 0.255 e. The lowest BCUT2D eigenvalue weighted by atomic mass is 9.89. The van der Waals surface area contributed by atoms with Crippen LogP contribution in [0.1, 0.15) is 43.5 Å². The highest BCUT2D eigenvalue weighted by Crippen LogP contribution is 2.26. The molecule has 1 aliphatic heterocycles. The number of amides is 1. The first-order valence-corrected chi connectivity index (χ1v) is 7.85.